The normalized spacial score (nSPS) is 19.0. The topological polar surface area (TPSA) is 61.9 Å². The number of carbonyl (C=O) groups is 2. The summed E-state index contributed by atoms with van der Waals surface area (Å²) in [5.41, 5.74) is 0. The maximum absolute atomic E-state index is 13.2. The van der Waals surface area contributed by atoms with Crippen molar-refractivity contribution in [3.8, 4) is 5.75 Å². The van der Waals surface area contributed by atoms with Gasteiger partial charge in [-0.1, -0.05) is 11.6 Å². The van der Waals surface area contributed by atoms with Crippen LogP contribution in [-0.2, 0) is 9.59 Å². The quantitative estimate of drug-likeness (QED) is 0.632. The number of amides is 2. The van der Waals surface area contributed by atoms with E-state index in [0.29, 0.717) is 32.5 Å². The molecule has 0 radical (unpaired) electrons. The Morgan fingerprint density at radius 1 is 1.23 bits per heavy atom. The van der Waals surface area contributed by atoms with Crippen molar-refractivity contribution in [1.82, 2.24) is 15.1 Å². The molecule has 3 rings (SSSR count). The van der Waals surface area contributed by atoms with Gasteiger partial charge in [-0.3, -0.25) is 9.59 Å². The fourth-order valence-electron chi connectivity index (χ4n) is 4.10. The Hall–Kier alpha value is -1.86. The average molecular weight is 440 g/mol. The van der Waals surface area contributed by atoms with E-state index in [1.807, 2.05) is 0 Å². The molecule has 2 aliphatic heterocycles. The molecule has 6 nitrogen and oxygen atoms in total. The van der Waals surface area contributed by atoms with Gasteiger partial charge in [-0.15, -0.1) is 0 Å². The van der Waals surface area contributed by atoms with E-state index in [-0.39, 0.29) is 28.5 Å². The van der Waals surface area contributed by atoms with Gasteiger partial charge in [0.15, 0.2) is 6.10 Å². The summed E-state index contributed by atoms with van der Waals surface area (Å²) in [5.74, 6) is -0.292. The lowest BCUT2D eigenvalue weighted by atomic mass is 9.95. The fraction of sp³-hybridized carbons (Fsp3) is 0.636. The number of rotatable bonds is 8. The second-order valence-electron chi connectivity index (χ2n) is 8.13. The lowest BCUT2D eigenvalue weighted by molar-refractivity contribution is -0.141. The lowest BCUT2D eigenvalue weighted by Gasteiger charge is -2.33. The Kier molecular flexibility index (Phi) is 8.33. The first-order valence-electron chi connectivity index (χ1n) is 10.8. The molecule has 8 heteroatoms. The van der Waals surface area contributed by atoms with Crippen molar-refractivity contribution in [3.63, 3.8) is 0 Å². The minimum absolute atomic E-state index is 0.0522. The SMILES string of the molecule is C[C@@H](Oc1ccc(F)cc1Cl)C(=O)N1CCC(C(=O)NCCCN2CCCC2)CC1. The summed E-state index contributed by atoms with van der Waals surface area (Å²) < 4.78 is 18.8. The van der Waals surface area contributed by atoms with Crippen LogP contribution in [0.25, 0.3) is 0 Å². The van der Waals surface area contributed by atoms with Gasteiger partial charge in [-0.05, 0) is 76.9 Å². The van der Waals surface area contributed by atoms with E-state index in [4.69, 9.17) is 16.3 Å². The number of nitrogens with zero attached hydrogens (tertiary/aromatic N) is 2. The zero-order valence-electron chi connectivity index (χ0n) is 17.5. The highest BCUT2D eigenvalue weighted by molar-refractivity contribution is 6.32. The molecule has 0 unspecified atom stereocenters. The van der Waals surface area contributed by atoms with Crippen LogP contribution in [0.15, 0.2) is 18.2 Å². The maximum Gasteiger partial charge on any atom is 0.263 e. The standard InChI is InChI=1S/C22H31ClFN3O3/c1-16(30-20-6-5-18(24)15-19(20)23)22(29)27-13-7-17(8-14-27)21(28)25-9-4-12-26-10-2-3-11-26/h5-6,15-17H,2-4,7-14H2,1H3,(H,25,28)/t16-/m1/s1. The zero-order valence-corrected chi connectivity index (χ0v) is 18.3. The fourth-order valence-corrected chi connectivity index (χ4v) is 4.31. The first-order chi connectivity index (χ1) is 14.4. The summed E-state index contributed by atoms with van der Waals surface area (Å²) in [6, 6.07) is 3.82. The van der Waals surface area contributed by atoms with E-state index in [1.165, 1.54) is 38.1 Å². The van der Waals surface area contributed by atoms with Crippen LogP contribution in [0.4, 0.5) is 4.39 Å². The van der Waals surface area contributed by atoms with Crippen molar-refractivity contribution in [1.29, 1.82) is 0 Å². The molecule has 0 bridgehead atoms. The number of halogens is 2. The van der Waals surface area contributed by atoms with Gasteiger partial charge in [-0.2, -0.15) is 0 Å². The first-order valence-corrected chi connectivity index (χ1v) is 11.2. The predicted molar refractivity (Wildman–Crippen MR) is 114 cm³/mol. The number of nitrogens with one attached hydrogen (secondary N) is 1. The highest BCUT2D eigenvalue weighted by atomic mass is 35.5. The minimum atomic E-state index is -0.732. The molecule has 1 aromatic carbocycles. The van der Waals surface area contributed by atoms with Crippen molar-refractivity contribution in [2.24, 2.45) is 5.92 Å². The van der Waals surface area contributed by atoms with Crippen LogP contribution in [0.1, 0.15) is 39.0 Å². The van der Waals surface area contributed by atoms with Gasteiger partial charge >= 0.3 is 0 Å². The molecule has 2 aliphatic rings. The van der Waals surface area contributed by atoms with Gasteiger partial charge in [0.2, 0.25) is 5.91 Å². The summed E-state index contributed by atoms with van der Waals surface area (Å²) in [6.45, 7) is 6.80. The molecule has 2 amide bonds. The average Bonchev–Trinajstić information content (AvgIpc) is 3.26. The third-order valence-electron chi connectivity index (χ3n) is 5.87. The van der Waals surface area contributed by atoms with Crippen LogP contribution in [0, 0.1) is 11.7 Å². The largest absolute Gasteiger partial charge is 0.479 e. The molecule has 166 valence electrons. The molecular weight excluding hydrogens is 409 g/mol. The Morgan fingerprint density at radius 2 is 1.93 bits per heavy atom. The smallest absolute Gasteiger partial charge is 0.263 e. The molecule has 0 aromatic heterocycles. The molecule has 1 atom stereocenters. The van der Waals surface area contributed by atoms with Crippen LogP contribution in [0.3, 0.4) is 0 Å². The first kappa shape index (κ1) is 22.8. The molecule has 2 saturated heterocycles. The highest BCUT2D eigenvalue weighted by Gasteiger charge is 2.30. The Bertz CT molecular complexity index is 734. The highest BCUT2D eigenvalue weighted by Crippen LogP contribution is 2.26. The number of hydrogen-bond acceptors (Lipinski definition) is 4. The zero-order chi connectivity index (χ0) is 21.5. The third-order valence-corrected chi connectivity index (χ3v) is 6.17. The van der Waals surface area contributed by atoms with Gasteiger partial charge < -0.3 is 19.9 Å². The Balaban J connectivity index is 1.37. The second-order valence-corrected chi connectivity index (χ2v) is 8.53. The Morgan fingerprint density at radius 3 is 2.60 bits per heavy atom. The van der Waals surface area contributed by atoms with Crippen LogP contribution in [0.5, 0.6) is 5.75 Å². The van der Waals surface area contributed by atoms with Crippen LogP contribution in [-0.4, -0.2) is 67.0 Å². The molecule has 2 fully saturated rings. The molecular formula is C22H31ClFN3O3. The Labute approximate surface area is 182 Å². The number of likely N-dealkylation sites (tertiary alicyclic amines) is 2. The monoisotopic (exact) mass is 439 g/mol. The molecule has 2 heterocycles. The van der Waals surface area contributed by atoms with E-state index >= 15 is 0 Å². The van der Waals surface area contributed by atoms with E-state index in [9.17, 15) is 14.0 Å². The van der Waals surface area contributed by atoms with E-state index in [1.54, 1.807) is 11.8 Å². The number of benzene rings is 1. The van der Waals surface area contributed by atoms with Crippen molar-refractivity contribution < 1.29 is 18.7 Å². The molecule has 30 heavy (non-hydrogen) atoms. The van der Waals surface area contributed by atoms with Crippen LogP contribution in [0.2, 0.25) is 5.02 Å². The van der Waals surface area contributed by atoms with Gasteiger partial charge in [-0.25, -0.2) is 4.39 Å². The molecule has 1 aromatic rings. The van der Waals surface area contributed by atoms with Crippen LogP contribution < -0.4 is 10.1 Å². The summed E-state index contributed by atoms with van der Waals surface area (Å²) >= 11 is 5.97. The van der Waals surface area contributed by atoms with Gasteiger partial charge in [0.25, 0.3) is 5.91 Å². The number of carbonyl (C=O) groups excluding carboxylic acids is 2. The summed E-state index contributed by atoms with van der Waals surface area (Å²) in [4.78, 5) is 29.2. The van der Waals surface area contributed by atoms with Crippen LogP contribution >= 0.6 is 11.6 Å². The van der Waals surface area contributed by atoms with Crippen molar-refractivity contribution in [3.05, 3.63) is 29.0 Å². The van der Waals surface area contributed by atoms with Gasteiger partial charge in [0.1, 0.15) is 11.6 Å². The lowest BCUT2D eigenvalue weighted by Crippen LogP contribution is -2.47. The minimum Gasteiger partial charge on any atom is -0.479 e. The van der Waals surface area contributed by atoms with E-state index in [2.05, 4.69) is 10.2 Å². The van der Waals surface area contributed by atoms with E-state index < -0.39 is 11.9 Å². The summed E-state index contributed by atoms with van der Waals surface area (Å²) in [5, 5.41) is 3.18. The van der Waals surface area contributed by atoms with Gasteiger partial charge in [0.05, 0.1) is 5.02 Å². The van der Waals surface area contributed by atoms with Gasteiger partial charge in [0, 0.05) is 25.6 Å². The summed E-state index contributed by atoms with van der Waals surface area (Å²) in [6.07, 6.45) is 4.10. The number of hydrogen-bond donors (Lipinski definition) is 1. The molecule has 0 spiro atoms. The predicted octanol–water partition coefficient (Wildman–Crippen LogP) is 3.09. The van der Waals surface area contributed by atoms with E-state index in [0.717, 1.165) is 19.0 Å². The van der Waals surface area contributed by atoms with Crippen molar-refractivity contribution in [2.75, 3.05) is 39.3 Å². The number of ether oxygens (including phenoxy) is 1. The third kappa shape index (κ3) is 6.32. The van der Waals surface area contributed by atoms with Crippen molar-refractivity contribution >= 4 is 23.4 Å². The molecule has 0 saturated carbocycles. The summed E-state index contributed by atoms with van der Waals surface area (Å²) in [7, 11) is 0. The van der Waals surface area contributed by atoms with Crippen molar-refractivity contribution in [2.45, 2.75) is 45.1 Å². The molecule has 0 aliphatic carbocycles. The maximum atomic E-state index is 13.2. The second kappa shape index (κ2) is 11.0. The number of piperidine rings is 1. The molecule has 1 N–H and O–H groups in total.